The largest absolute Gasteiger partial charge is 0.268 e. The third-order valence-corrected chi connectivity index (χ3v) is 4.96. The third kappa shape index (κ3) is 1.49. The molecule has 6 rings (SSSR count). The molecule has 0 amide bonds. The molecule has 4 heteroatoms. The Bertz CT molecular complexity index is 1510. The molecule has 3 heterocycles. The number of nitrogens with zero attached hydrogens (tertiary/aromatic N) is 3. The van der Waals surface area contributed by atoms with Crippen molar-refractivity contribution in [1.29, 1.82) is 0 Å². The van der Waals surface area contributed by atoms with Crippen molar-refractivity contribution in [1.82, 2.24) is 14.4 Å². The van der Waals surface area contributed by atoms with E-state index in [0.29, 0.717) is 11.0 Å². The third-order valence-electron chi connectivity index (χ3n) is 4.96. The topological polar surface area (TPSA) is 47.3 Å². The van der Waals surface area contributed by atoms with Gasteiger partial charge in [-0.05, 0) is 30.3 Å². The van der Waals surface area contributed by atoms with E-state index in [0.717, 1.165) is 38.1 Å². The van der Waals surface area contributed by atoms with Crippen molar-refractivity contribution in [3.05, 3.63) is 77.2 Å². The summed E-state index contributed by atoms with van der Waals surface area (Å²) in [7, 11) is 0. The quantitative estimate of drug-likeness (QED) is 0.312. The normalized spacial score (nSPS) is 12.2. The molecule has 0 unspecified atom stereocenters. The van der Waals surface area contributed by atoms with Crippen molar-refractivity contribution in [2.75, 3.05) is 0 Å². The zero-order valence-corrected chi connectivity index (χ0v) is 13.1. The van der Waals surface area contributed by atoms with Gasteiger partial charge in [0.1, 0.15) is 5.65 Å². The lowest BCUT2D eigenvalue weighted by molar-refractivity contribution is 1.19. The van der Waals surface area contributed by atoms with Crippen LogP contribution in [-0.4, -0.2) is 14.4 Å². The fourth-order valence-electron chi connectivity index (χ4n) is 3.91. The van der Waals surface area contributed by atoms with E-state index in [-0.39, 0.29) is 5.56 Å². The van der Waals surface area contributed by atoms with E-state index in [4.69, 9.17) is 4.98 Å². The minimum absolute atomic E-state index is 0.0305. The van der Waals surface area contributed by atoms with Gasteiger partial charge < -0.3 is 0 Å². The molecule has 0 saturated carbocycles. The fourth-order valence-corrected chi connectivity index (χ4v) is 3.91. The molecular weight excluding hydrogens is 310 g/mol. The fraction of sp³-hybridized carbons (Fsp3) is 0. The Morgan fingerprint density at radius 2 is 1.72 bits per heavy atom. The maximum absolute atomic E-state index is 13.2. The summed E-state index contributed by atoms with van der Waals surface area (Å²) in [6.07, 6.45) is 1.79. The van der Waals surface area contributed by atoms with E-state index in [1.165, 1.54) is 0 Å². The lowest BCUT2D eigenvalue weighted by atomic mass is 9.99. The number of rotatable bonds is 0. The standard InChI is InChI=1S/C21H11N3O/c25-21-14-7-3-6-13-18(14)15(11-12-5-4-10-22-19(12)13)20-23-16-8-1-2-9-17(16)24(20)21/h1-11H. The van der Waals surface area contributed by atoms with Crippen LogP contribution in [0.2, 0.25) is 0 Å². The highest BCUT2D eigenvalue weighted by Gasteiger charge is 2.17. The number of pyridine rings is 2. The van der Waals surface area contributed by atoms with Crippen molar-refractivity contribution in [3.8, 4) is 0 Å². The van der Waals surface area contributed by atoms with Crippen LogP contribution in [-0.2, 0) is 0 Å². The Labute approximate surface area is 141 Å². The van der Waals surface area contributed by atoms with Crippen LogP contribution in [0.25, 0.3) is 49.1 Å². The highest BCUT2D eigenvalue weighted by Crippen LogP contribution is 2.33. The SMILES string of the molecule is O=c1c2cccc3c4ncccc4cc(c23)c2nc3ccccc3n12. The Hall–Kier alpha value is -3.53. The summed E-state index contributed by atoms with van der Waals surface area (Å²) in [5.74, 6) is 0. The van der Waals surface area contributed by atoms with E-state index in [1.54, 1.807) is 10.6 Å². The van der Waals surface area contributed by atoms with Gasteiger partial charge in [0.2, 0.25) is 0 Å². The van der Waals surface area contributed by atoms with Crippen molar-refractivity contribution in [3.63, 3.8) is 0 Å². The molecule has 0 N–H and O–H groups in total. The van der Waals surface area contributed by atoms with Gasteiger partial charge in [-0.25, -0.2) is 4.98 Å². The van der Waals surface area contributed by atoms with Crippen LogP contribution in [0.5, 0.6) is 0 Å². The Balaban J connectivity index is 2.07. The number of benzene rings is 3. The molecule has 0 atom stereocenters. The first-order valence-corrected chi connectivity index (χ1v) is 8.16. The summed E-state index contributed by atoms with van der Waals surface area (Å²) in [5, 5.41) is 4.69. The maximum Gasteiger partial charge on any atom is 0.264 e. The minimum Gasteiger partial charge on any atom is -0.268 e. The predicted octanol–water partition coefficient (Wildman–Crippen LogP) is 4.14. The van der Waals surface area contributed by atoms with Gasteiger partial charge in [-0.15, -0.1) is 0 Å². The highest BCUT2D eigenvalue weighted by molar-refractivity contribution is 6.23. The van der Waals surface area contributed by atoms with Gasteiger partial charge in [-0.2, -0.15) is 0 Å². The van der Waals surface area contributed by atoms with Gasteiger partial charge in [0.15, 0.2) is 0 Å². The van der Waals surface area contributed by atoms with Crippen LogP contribution < -0.4 is 5.56 Å². The molecule has 0 spiro atoms. The van der Waals surface area contributed by atoms with Gasteiger partial charge in [0, 0.05) is 33.1 Å². The molecular formula is C21H11N3O. The van der Waals surface area contributed by atoms with Crippen molar-refractivity contribution >= 4 is 49.1 Å². The first kappa shape index (κ1) is 12.8. The van der Waals surface area contributed by atoms with Crippen molar-refractivity contribution in [2.45, 2.75) is 0 Å². The maximum atomic E-state index is 13.2. The van der Waals surface area contributed by atoms with Gasteiger partial charge in [0.25, 0.3) is 5.56 Å². The number of para-hydroxylation sites is 2. The van der Waals surface area contributed by atoms with Crippen LogP contribution in [0.1, 0.15) is 0 Å². The molecule has 116 valence electrons. The van der Waals surface area contributed by atoms with E-state index in [9.17, 15) is 4.79 Å². The Morgan fingerprint density at radius 1 is 0.840 bits per heavy atom. The molecule has 0 bridgehead atoms. The van der Waals surface area contributed by atoms with Crippen LogP contribution in [0, 0.1) is 0 Å². The van der Waals surface area contributed by atoms with E-state index in [1.807, 2.05) is 54.6 Å². The summed E-state index contributed by atoms with van der Waals surface area (Å²) in [5.41, 5.74) is 3.27. The van der Waals surface area contributed by atoms with E-state index < -0.39 is 0 Å². The summed E-state index contributed by atoms with van der Waals surface area (Å²) in [6, 6.07) is 19.7. The lowest BCUT2D eigenvalue weighted by Gasteiger charge is -2.09. The van der Waals surface area contributed by atoms with Gasteiger partial charge in [-0.3, -0.25) is 14.2 Å². The van der Waals surface area contributed by atoms with Gasteiger partial charge >= 0.3 is 0 Å². The molecule has 3 aromatic heterocycles. The summed E-state index contributed by atoms with van der Waals surface area (Å²) in [4.78, 5) is 22.5. The number of fused-ring (bicyclic) bond motifs is 6. The monoisotopic (exact) mass is 321 g/mol. The first-order chi connectivity index (χ1) is 12.3. The second-order valence-corrected chi connectivity index (χ2v) is 6.29. The smallest absolute Gasteiger partial charge is 0.264 e. The molecule has 0 saturated heterocycles. The van der Waals surface area contributed by atoms with E-state index in [2.05, 4.69) is 11.1 Å². The molecule has 4 nitrogen and oxygen atoms in total. The number of imidazole rings is 1. The molecule has 25 heavy (non-hydrogen) atoms. The predicted molar refractivity (Wildman–Crippen MR) is 100 cm³/mol. The summed E-state index contributed by atoms with van der Waals surface area (Å²) >= 11 is 0. The highest BCUT2D eigenvalue weighted by atomic mass is 16.1. The lowest BCUT2D eigenvalue weighted by Crippen LogP contribution is -2.13. The average molecular weight is 321 g/mol. The number of hydrogen-bond donors (Lipinski definition) is 0. The number of hydrogen-bond acceptors (Lipinski definition) is 3. The number of aromatic nitrogens is 3. The zero-order valence-electron chi connectivity index (χ0n) is 13.1. The molecule has 0 radical (unpaired) electrons. The minimum atomic E-state index is -0.0305. The Morgan fingerprint density at radius 3 is 2.68 bits per heavy atom. The first-order valence-electron chi connectivity index (χ1n) is 8.16. The Kier molecular flexibility index (Phi) is 2.21. The van der Waals surface area contributed by atoms with Crippen molar-refractivity contribution < 1.29 is 0 Å². The van der Waals surface area contributed by atoms with Crippen LogP contribution >= 0.6 is 0 Å². The average Bonchev–Trinajstić information content (AvgIpc) is 3.05. The summed E-state index contributed by atoms with van der Waals surface area (Å²) < 4.78 is 1.73. The van der Waals surface area contributed by atoms with Gasteiger partial charge in [-0.1, -0.05) is 30.3 Å². The molecule has 0 aliphatic rings. The second-order valence-electron chi connectivity index (χ2n) is 6.29. The summed E-state index contributed by atoms with van der Waals surface area (Å²) in [6.45, 7) is 0. The molecule has 6 aromatic rings. The second kappa shape index (κ2) is 4.30. The van der Waals surface area contributed by atoms with Crippen LogP contribution in [0.15, 0.2) is 71.7 Å². The van der Waals surface area contributed by atoms with E-state index >= 15 is 0 Å². The van der Waals surface area contributed by atoms with Crippen LogP contribution in [0.3, 0.4) is 0 Å². The molecule has 3 aromatic carbocycles. The van der Waals surface area contributed by atoms with Crippen LogP contribution in [0.4, 0.5) is 0 Å². The van der Waals surface area contributed by atoms with Gasteiger partial charge in [0.05, 0.1) is 16.6 Å². The molecule has 0 aliphatic carbocycles. The zero-order chi connectivity index (χ0) is 16.5. The molecule has 0 aliphatic heterocycles. The molecule has 0 fully saturated rings. The van der Waals surface area contributed by atoms with Crippen molar-refractivity contribution in [2.24, 2.45) is 0 Å².